The third-order valence-corrected chi connectivity index (χ3v) is 3.65. The van der Waals surface area contributed by atoms with Gasteiger partial charge in [-0.3, -0.25) is 4.79 Å². The van der Waals surface area contributed by atoms with Crippen molar-refractivity contribution in [2.24, 2.45) is 5.92 Å². The molecule has 2 heteroatoms. The van der Waals surface area contributed by atoms with Crippen molar-refractivity contribution in [2.45, 2.75) is 32.7 Å². The van der Waals surface area contributed by atoms with Crippen LogP contribution in [0.15, 0.2) is 18.2 Å². The zero-order chi connectivity index (χ0) is 11.7. The summed E-state index contributed by atoms with van der Waals surface area (Å²) in [5.41, 5.74) is 3.18. The molecule has 2 nitrogen and oxygen atoms in total. The standard InChI is InChI=1S/C14H19NO/c1-10-8-12(9-16)4-7-14(10)15(3)11(2)13-5-6-13/h4,7-9,11,13H,5-6H2,1-3H3. The number of hydrogen-bond donors (Lipinski definition) is 0. The molecule has 1 aliphatic rings. The number of rotatable bonds is 4. The Labute approximate surface area is 97.3 Å². The van der Waals surface area contributed by atoms with Crippen molar-refractivity contribution in [1.29, 1.82) is 0 Å². The maximum atomic E-state index is 10.7. The van der Waals surface area contributed by atoms with Crippen molar-refractivity contribution in [3.05, 3.63) is 29.3 Å². The van der Waals surface area contributed by atoms with E-state index in [-0.39, 0.29) is 0 Å². The first-order valence-electron chi connectivity index (χ1n) is 5.92. The van der Waals surface area contributed by atoms with E-state index in [0.29, 0.717) is 6.04 Å². The van der Waals surface area contributed by atoms with Gasteiger partial charge in [-0.1, -0.05) is 0 Å². The molecule has 86 valence electrons. The van der Waals surface area contributed by atoms with Crippen LogP contribution in [0.25, 0.3) is 0 Å². The van der Waals surface area contributed by atoms with Gasteiger partial charge >= 0.3 is 0 Å². The number of anilines is 1. The average molecular weight is 217 g/mol. The van der Waals surface area contributed by atoms with E-state index >= 15 is 0 Å². The lowest BCUT2D eigenvalue weighted by Crippen LogP contribution is -2.31. The fourth-order valence-corrected chi connectivity index (χ4v) is 2.26. The molecule has 0 aromatic heterocycles. The molecule has 0 N–H and O–H groups in total. The highest BCUT2D eigenvalue weighted by Gasteiger charge is 2.30. The van der Waals surface area contributed by atoms with Crippen LogP contribution in [-0.4, -0.2) is 19.4 Å². The smallest absolute Gasteiger partial charge is 0.150 e. The zero-order valence-electron chi connectivity index (χ0n) is 10.2. The Morgan fingerprint density at radius 3 is 2.62 bits per heavy atom. The number of nitrogens with zero attached hydrogens (tertiary/aromatic N) is 1. The van der Waals surface area contributed by atoms with Crippen molar-refractivity contribution >= 4 is 12.0 Å². The number of carbonyl (C=O) groups excluding carboxylic acids is 1. The van der Waals surface area contributed by atoms with E-state index in [2.05, 4.69) is 31.9 Å². The second-order valence-corrected chi connectivity index (χ2v) is 4.85. The van der Waals surface area contributed by atoms with Gasteiger partial charge in [0.1, 0.15) is 6.29 Å². The van der Waals surface area contributed by atoms with Gasteiger partial charge in [0, 0.05) is 24.3 Å². The van der Waals surface area contributed by atoms with Crippen molar-refractivity contribution in [3.8, 4) is 0 Å². The fraction of sp³-hybridized carbons (Fsp3) is 0.500. The molecule has 1 aromatic rings. The number of aldehydes is 1. The van der Waals surface area contributed by atoms with Crippen LogP contribution in [0.5, 0.6) is 0 Å². The van der Waals surface area contributed by atoms with Crippen LogP contribution in [-0.2, 0) is 0 Å². The van der Waals surface area contributed by atoms with Gasteiger partial charge in [0.15, 0.2) is 0 Å². The Bertz CT molecular complexity index is 396. The summed E-state index contributed by atoms with van der Waals surface area (Å²) in [4.78, 5) is 13.0. The fourth-order valence-electron chi connectivity index (χ4n) is 2.26. The Morgan fingerprint density at radius 2 is 2.12 bits per heavy atom. The lowest BCUT2D eigenvalue weighted by molar-refractivity contribution is 0.112. The molecule has 1 aliphatic carbocycles. The molecule has 0 amide bonds. The van der Waals surface area contributed by atoms with E-state index in [0.717, 1.165) is 17.8 Å². The van der Waals surface area contributed by atoms with Gasteiger partial charge in [0.25, 0.3) is 0 Å². The topological polar surface area (TPSA) is 20.3 Å². The summed E-state index contributed by atoms with van der Waals surface area (Å²) in [6.07, 6.45) is 3.62. The lowest BCUT2D eigenvalue weighted by Gasteiger charge is -2.28. The van der Waals surface area contributed by atoms with Crippen LogP contribution in [0.2, 0.25) is 0 Å². The average Bonchev–Trinajstić information content (AvgIpc) is 3.10. The molecule has 1 fully saturated rings. The van der Waals surface area contributed by atoms with E-state index < -0.39 is 0 Å². The molecule has 2 rings (SSSR count). The van der Waals surface area contributed by atoms with Crippen LogP contribution >= 0.6 is 0 Å². The van der Waals surface area contributed by atoms with Gasteiger partial charge in [0.05, 0.1) is 0 Å². The molecule has 0 spiro atoms. The number of hydrogen-bond acceptors (Lipinski definition) is 2. The van der Waals surface area contributed by atoms with Crippen LogP contribution < -0.4 is 4.90 Å². The normalized spacial score (nSPS) is 16.9. The zero-order valence-corrected chi connectivity index (χ0v) is 10.2. The summed E-state index contributed by atoms with van der Waals surface area (Å²) >= 11 is 0. The van der Waals surface area contributed by atoms with E-state index in [9.17, 15) is 4.79 Å². The molecular formula is C14H19NO. The van der Waals surface area contributed by atoms with Crippen molar-refractivity contribution < 1.29 is 4.79 Å². The number of aryl methyl sites for hydroxylation is 1. The van der Waals surface area contributed by atoms with Crippen LogP contribution in [0.4, 0.5) is 5.69 Å². The highest BCUT2D eigenvalue weighted by Crippen LogP contribution is 2.36. The van der Waals surface area contributed by atoms with Crippen LogP contribution in [0.3, 0.4) is 0 Å². The van der Waals surface area contributed by atoms with Gasteiger partial charge in [-0.2, -0.15) is 0 Å². The number of carbonyl (C=O) groups is 1. The van der Waals surface area contributed by atoms with Gasteiger partial charge < -0.3 is 4.90 Å². The largest absolute Gasteiger partial charge is 0.371 e. The highest BCUT2D eigenvalue weighted by molar-refractivity contribution is 5.77. The molecule has 1 unspecified atom stereocenters. The summed E-state index contributed by atoms with van der Waals surface area (Å²) in [5.74, 6) is 0.857. The molecule has 0 saturated heterocycles. The maximum Gasteiger partial charge on any atom is 0.150 e. The first-order valence-corrected chi connectivity index (χ1v) is 5.92. The minimum Gasteiger partial charge on any atom is -0.371 e. The second kappa shape index (κ2) is 4.28. The molecule has 0 radical (unpaired) electrons. The van der Waals surface area contributed by atoms with E-state index in [4.69, 9.17) is 0 Å². The van der Waals surface area contributed by atoms with Gasteiger partial charge in [-0.15, -0.1) is 0 Å². The monoisotopic (exact) mass is 217 g/mol. The molecule has 1 saturated carbocycles. The quantitative estimate of drug-likeness (QED) is 0.722. The van der Waals surface area contributed by atoms with Crippen LogP contribution in [0, 0.1) is 12.8 Å². The summed E-state index contributed by atoms with van der Waals surface area (Å²) in [5, 5.41) is 0. The molecule has 1 aromatic carbocycles. The van der Waals surface area contributed by atoms with Gasteiger partial charge in [-0.25, -0.2) is 0 Å². The van der Waals surface area contributed by atoms with E-state index in [1.54, 1.807) is 0 Å². The Balaban J connectivity index is 2.21. The first kappa shape index (κ1) is 11.2. The predicted molar refractivity (Wildman–Crippen MR) is 67.2 cm³/mol. The SMILES string of the molecule is Cc1cc(C=O)ccc1N(C)C(C)C1CC1. The molecule has 16 heavy (non-hydrogen) atoms. The molecule has 0 heterocycles. The third kappa shape index (κ3) is 2.11. The van der Waals surface area contributed by atoms with Gasteiger partial charge in [0.2, 0.25) is 0 Å². The van der Waals surface area contributed by atoms with E-state index in [1.165, 1.54) is 24.1 Å². The van der Waals surface area contributed by atoms with Crippen LogP contribution in [0.1, 0.15) is 35.7 Å². The minimum absolute atomic E-state index is 0.598. The second-order valence-electron chi connectivity index (χ2n) is 4.85. The molecule has 1 atom stereocenters. The first-order chi connectivity index (χ1) is 7.63. The number of benzene rings is 1. The minimum atomic E-state index is 0.598. The maximum absolute atomic E-state index is 10.7. The third-order valence-electron chi connectivity index (χ3n) is 3.65. The Kier molecular flexibility index (Phi) is 2.99. The Hall–Kier alpha value is -1.31. The summed E-state index contributed by atoms with van der Waals surface area (Å²) in [6.45, 7) is 4.35. The van der Waals surface area contributed by atoms with E-state index in [1.807, 2.05) is 12.1 Å². The highest BCUT2D eigenvalue weighted by atomic mass is 16.1. The van der Waals surface area contributed by atoms with Gasteiger partial charge in [-0.05, 0) is 56.4 Å². The molecular weight excluding hydrogens is 198 g/mol. The molecule has 0 bridgehead atoms. The molecule has 0 aliphatic heterocycles. The van der Waals surface area contributed by atoms with Crippen molar-refractivity contribution in [3.63, 3.8) is 0 Å². The summed E-state index contributed by atoms with van der Waals surface area (Å²) < 4.78 is 0. The predicted octanol–water partition coefficient (Wildman–Crippen LogP) is 3.04. The van der Waals surface area contributed by atoms with Crippen molar-refractivity contribution in [1.82, 2.24) is 0 Å². The summed E-state index contributed by atoms with van der Waals surface area (Å²) in [6, 6.07) is 6.50. The Morgan fingerprint density at radius 1 is 1.44 bits per heavy atom. The summed E-state index contributed by atoms with van der Waals surface area (Å²) in [7, 11) is 2.14. The lowest BCUT2D eigenvalue weighted by atomic mass is 10.1. The van der Waals surface area contributed by atoms with Crippen molar-refractivity contribution in [2.75, 3.05) is 11.9 Å².